The fraction of sp³-hybridized carbons (Fsp3) is 0.273. The number of anilines is 1. The minimum Gasteiger partial charge on any atom is -0.550 e. The summed E-state index contributed by atoms with van der Waals surface area (Å²) >= 11 is 0. The first-order valence-corrected chi connectivity index (χ1v) is 13.7. The smallest absolute Gasteiger partial charge is 0.550 e. The number of carbonyl (C=O) groups is 2. The molecule has 0 aliphatic rings. The number of aliphatic hydroxyl groups is 2. The largest absolute Gasteiger partial charge is 1.00 e. The van der Waals surface area contributed by atoms with E-state index in [1.165, 1.54) is 6.07 Å². The van der Waals surface area contributed by atoms with Crippen LogP contribution < -0.4 is 40.0 Å². The van der Waals surface area contributed by atoms with Crippen LogP contribution in [0.5, 0.6) is 0 Å². The van der Waals surface area contributed by atoms with Crippen molar-refractivity contribution >= 4 is 17.6 Å². The van der Waals surface area contributed by atoms with Gasteiger partial charge in [0.25, 0.3) is 5.91 Å². The third-order valence-electron chi connectivity index (χ3n) is 6.93. The predicted molar refractivity (Wildman–Crippen MR) is 155 cm³/mol. The zero-order valence-electron chi connectivity index (χ0n) is 24.1. The molecule has 4 rings (SSSR count). The van der Waals surface area contributed by atoms with Gasteiger partial charge in [-0.1, -0.05) is 74.5 Å². The van der Waals surface area contributed by atoms with E-state index in [9.17, 15) is 24.9 Å². The summed E-state index contributed by atoms with van der Waals surface area (Å²) in [5, 5.41) is 34.6. The summed E-state index contributed by atoms with van der Waals surface area (Å²) < 4.78 is 17.4. The van der Waals surface area contributed by atoms with Gasteiger partial charge in [-0.3, -0.25) is 4.79 Å². The minimum atomic E-state index is -1.40. The Hall–Kier alpha value is -3.27. The van der Waals surface area contributed by atoms with Gasteiger partial charge in [-0.25, -0.2) is 4.39 Å². The number of hydrogen-bond donors (Lipinski definition) is 3. The normalized spacial score (nSPS) is 12.4. The molecule has 1 aromatic heterocycles. The second-order valence-corrected chi connectivity index (χ2v) is 10.4. The molecule has 0 saturated carbocycles. The maximum absolute atomic E-state index is 15.5. The Kier molecular flexibility index (Phi) is 12.1. The molecular formula is C33H34FN2NaO5. The van der Waals surface area contributed by atoms with Crippen LogP contribution in [0.3, 0.4) is 0 Å². The second kappa shape index (κ2) is 15.3. The number of amides is 1. The fourth-order valence-corrected chi connectivity index (χ4v) is 5.22. The van der Waals surface area contributed by atoms with Gasteiger partial charge in [-0.15, -0.1) is 0 Å². The van der Waals surface area contributed by atoms with Crippen LogP contribution in [0.25, 0.3) is 22.4 Å². The van der Waals surface area contributed by atoms with Gasteiger partial charge in [0.05, 0.1) is 23.5 Å². The number of rotatable bonds is 12. The van der Waals surface area contributed by atoms with E-state index >= 15 is 4.39 Å². The van der Waals surface area contributed by atoms with Crippen molar-refractivity contribution in [2.45, 2.75) is 57.8 Å². The fourth-order valence-electron chi connectivity index (χ4n) is 5.22. The number of aliphatic hydroxyl groups excluding tert-OH is 2. The average Bonchev–Trinajstić information content (AvgIpc) is 3.28. The van der Waals surface area contributed by atoms with Crippen LogP contribution in [0.1, 0.15) is 55.1 Å². The number of carbonyl (C=O) groups excluding carboxylic acids is 2. The topological polar surface area (TPSA) is 115 Å². The number of carboxylic acid groups (broad SMARTS) is 1. The van der Waals surface area contributed by atoms with Crippen LogP contribution in [-0.2, 0) is 11.3 Å². The summed E-state index contributed by atoms with van der Waals surface area (Å²) in [4.78, 5) is 24.9. The third kappa shape index (κ3) is 7.96. The Morgan fingerprint density at radius 1 is 0.905 bits per heavy atom. The summed E-state index contributed by atoms with van der Waals surface area (Å²) in [6, 6.07) is 24.8. The number of aromatic nitrogens is 1. The van der Waals surface area contributed by atoms with Gasteiger partial charge >= 0.3 is 29.6 Å². The zero-order valence-corrected chi connectivity index (χ0v) is 26.1. The number of benzene rings is 3. The van der Waals surface area contributed by atoms with Gasteiger partial charge < -0.3 is 30.0 Å². The van der Waals surface area contributed by atoms with Crippen LogP contribution in [0.2, 0.25) is 0 Å². The van der Waals surface area contributed by atoms with Gasteiger partial charge in [0.15, 0.2) is 0 Å². The summed E-state index contributed by atoms with van der Waals surface area (Å²) in [6.45, 7) is 4.09. The van der Waals surface area contributed by atoms with E-state index in [4.69, 9.17) is 0 Å². The Labute approximate surface area is 267 Å². The molecule has 0 bridgehead atoms. The van der Waals surface area contributed by atoms with E-state index in [0.717, 1.165) is 5.56 Å². The Morgan fingerprint density at radius 3 is 2.10 bits per heavy atom. The zero-order chi connectivity index (χ0) is 29.5. The third-order valence-corrected chi connectivity index (χ3v) is 6.93. The molecule has 0 aliphatic heterocycles. The number of carboxylic acids is 1. The van der Waals surface area contributed by atoms with E-state index in [-0.39, 0.29) is 60.8 Å². The molecule has 0 aliphatic carbocycles. The van der Waals surface area contributed by atoms with Crippen molar-refractivity contribution in [2.75, 3.05) is 5.32 Å². The Bertz CT molecular complexity index is 1490. The summed E-state index contributed by atoms with van der Waals surface area (Å²) in [5.74, 6) is -2.38. The van der Waals surface area contributed by atoms with Crippen LogP contribution in [0.15, 0.2) is 84.9 Å². The van der Waals surface area contributed by atoms with Crippen molar-refractivity contribution in [1.82, 2.24) is 4.57 Å². The molecule has 7 nitrogen and oxygen atoms in total. The molecule has 1 amide bonds. The van der Waals surface area contributed by atoms with Gasteiger partial charge in [-0.2, -0.15) is 0 Å². The first-order valence-electron chi connectivity index (χ1n) is 13.7. The monoisotopic (exact) mass is 580 g/mol. The molecule has 2 atom stereocenters. The maximum atomic E-state index is 15.5. The Balaban J connectivity index is 0.00000484. The number of nitrogens with one attached hydrogen (secondary N) is 1. The van der Waals surface area contributed by atoms with E-state index in [1.54, 1.807) is 30.3 Å². The van der Waals surface area contributed by atoms with Crippen LogP contribution in [0, 0.1) is 5.82 Å². The van der Waals surface area contributed by atoms with Crippen molar-refractivity contribution in [3.05, 3.63) is 102 Å². The summed E-state index contributed by atoms with van der Waals surface area (Å²) in [5.41, 5.74) is 3.78. The Morgan fingerprint density at radius 2 is 1.50 bits per heavy atom. The van der Waals surface area contributed by atoms with E-state index in [2.05, 4.69) is 5.32 Å². The molecule has 0 fully saturated rings. The van der Waals surface area contributed by atoms with E-state index < -0.39 is 30.4 Å². The standard InChI is InChI=1S/C33H35FN2O5.Na/c1-21(2)31-30(33(41)35-23-13-7-4-8-14-23)29(22-11-5-3-6-12-22)32(26-15-9-10-16-27(26)34)36(31)18-17-24(37)19-25(38)20-28(39)40;/h3-16,21,24-25,37-38H,17-20H2,1-2H3,(H,35,41)(H,39,40);/q;+1/p-1/t24-,25-;/m1./s1. The van der Waals surface area contributed by atoms with E-state index in [1.807, 2.05) is 66.9 Å². The molecule has 0 saturated heterocycles. The van der Waals surface area contributed by atoms with Crippen molar-refractivity contribution in [2.24, 2.45) is 0 Å². The number of para-hydroxylation sites is 1. The SMILES string of the molecule is CC(C)c1c(C(=O)Nc2ccccc2)c(-c2ccccc2)c(-c2ccccc2F)n1CC[C@@H](O)C[C@@H](O)CC(=O)[O-].[Na+]. The number of nitrogens with zero attached hydrogens (tertiary/aromatic N) is 1. The van der Waals surface area contributed by atoms with Gasteiger partial charge in [0, 0.05) is 41.4 Å². The molecule has 0 unspecified atom stereocenters. The number of halogens is 1. The molecule has 9 heteroatoms. The second-order valence-electron chi connectivity index (χ2n) is 10.4. The predicted octanol–water partition coefficient (Wildman–Crippen LogP) is 1.98. The first kappa shape index (κ1) is 33.2. The molecule has 4 aromatic rings. The van der Waals surface area contributed by atoms with Crippen molar-refractivity contribution in [1.29, 1.82) is 0 Å². The minimum absolute atomic E-state index is 0. The molecule has 1 heterocycles. The molecule has 3 N–H and O–H groups in total. The molecule has 214 valence electrons. The first-order chi connectivity index (χ1) is 19.7. The molecule has 42 heavy (non-hydrogen) atoms. The summed E-state index contributed by atoms with van der Waals surface area (Å²) in [7, 11) is 0. The van der Waals surface area contributed by atoms with Crippen LogP contribution in [0.4, 0.5) is 10.1 Å². The maximum Gasteiger partial charge on any atom is 1.00 e. The van der Waals surface area contributed by atoms with Crippen molar-refractivity contribution in [3.63, 3.8) is 0 Å². The van der Waals surface area contributed by atoms with Crippen LogP contribution in [-0.4, -0.2) is 38.9 Å². The van der Waals surface area contributed by atoms with Gasteiger partial charge in [0.2, 0.25) is 0 Å². The van der Waals surface area contributed by atoms with Gasteiger partial charge in [-0.05, 0) is 48.6 Å². The molecule has 3 aromatic carbocycles. The number of hydrogen-bond acceptors (Lipinski definition) is 5. The van der Waals surface area contributed by atoms with Gasteiger partial charge in [0.1, 0.15) is 5.82 Å². The molecule has 0 spiro atoms. The average molecular weight is 581 g/mol. The molecule has 0 radical (unpaired) electrons. The molecular weight excluding hydrogens is 546 g/mol. The van der Waals surface area contributed by atoms with Crippen molar-refractivity contribution in [3.8, 4) is 22.4 Å². The number of aliphatic carboxylic acids is 1. The van der Waals surface area contributed by atoms with E-state index in [0.29, 0.717) is 33.8 Å². The van der Waals surface area contributed by atoms with Crippen LogP contribution >= 0.6 is 0 Å². The van der Waals surface area contributed by atoms with Crippen molar-refractivity contribution < 1.29 is 58.9 Å². The summed E-state index contributed by atoms with van der Waals surface area (Å²) in [6.07, 6.45) is -2.91. The quantitative estimate of drug-likeness (QED) is 0.222.